The lowest BCUT2D eigenvalue weighted by Gasteiger charge is -2.38. The monoisotopic (exact) mass is 376 g/mol. The maximum Gasteiger partial charge on any atom is 0.237 e. The SMILES string of the molecule is Cl.O=C(NCC1(c2ccccc2Cl)CCOCC1)[C@H]1C[C@H](F)CN1. The smallest absolute Gasteiger partial charge is 0.237 e. The molecule has 0 aromatic heterocycles. The molecular formula is C17H23Cl2FN2O2. The predicted octanol–water partition coefficient (Wildman–Crippen LogP) is 2.63. The molecule has 0 saturated carbocycles. The van der Waals surface area contributed by atoms with Crippen molar-refractivity contribution in [1.29, 1.82) is 0 Å². The van der Waals surface area contributed by atoms with E-state index < -0.39 is 12.2 Å². The van der Waals surface area contributed by atoms with E-state index in [1.54, 1.807) is 0 Å². The van der Waals surface area contributed by atoms with Crippen LogP contribution in [0, 0.1) is 0 Å². The van der Waals surface area contributed by atoms with Gasteiger partial charge in [0.1, 0.15) is 6.17 Å². The van der Waals surface area contributed by atoms with Crippen LogP contribution < -0.4 is 10.6 Å². The van der Waals surface area contributed by atoms with Gasteiger partial charge in [0.25, 0.3) is 0 Å². The van der Waals surface area contributed by atoms with Gasteiger partial charge in [0.2, 0.25) is 5.91 Å². The highest BCUT2D eigenvalue weighted by Crippen LogP contribution is 2.38. The fraction of sp³-hybridized carbons (Fsp3) is 0.588. The average molecular weight is 377 g/mol. The summed E-state index contributed by atoms with van der Waals surface area (Å²) in [6.07, 6.45) is 0.918. The van der Waals surface area contributed by atoms with Crippen LogP contribution in [0.1, 0.15) is 24.8 Å². The Morgan fingerprint density at radius 1 is 1.38 bits per heavy atom. The first-order chi connectivity index (χ1) is 11.1. The molecule has 0 unspecified atom stereocenters. The van der Waals surface area contributed by atoms with Crippen molar-refractivity contribution in [2.45, 2.75) is 36.9 Å². The molecule has 2 aliphatic heterocycles. The lowest BCUT2D eigenvalue weighted by molar-refractivity contribution is -0.123. The first-order valence-corrected chi connectivity index (χ1v) is 8.46. The number of rotatable bonds is 4. The van der Waals surface area contributed by atoms with Crippen molar-refractivity contribution in [3.05, 3.63) is 34.9 Å². The van der Waals surface area contributed by atoms with E-state index in [2.05, 4.69) is 10.6 Å². The second-order valence-corrected chi connectivity index (χ2v) is 6.79. The van der Waals surface area contributed by atoms with Crippen molar-refractivity contribution in [3.63, 3.8) is 0 Å². The summed E-state index contributed by atoms with van der Waals surface area (Å²) in [5.41, 5.74) is 0.827. The lowest BCUT2D eigenvalue weighted by Crippen LogP contribution is -2.48. The summed E-state index contributed by atoms with van der Waals surface area (Å²) in [4.78, 5) is 12.3. The number of amides is 1. The fourth-order valence-electron chi connectivity index (χ4n) is 3.47. The summed E-state index contributed by atoms with van der Waals surface area (Å²) in [5.74, 6) is -0.136. The van der Waals surface area contributed by atoms with Gasteiger partial charge in [-0.25, -0.2) is 4.39 Å². The van der Waals surface area contributed by atoms with Crippen LogP contribution in [-0.2, 0) is 14.9 Å². The van der Waals surface area contributed by atoms with Crippen LogP contribution in [-0.4, -0.2) is 44.4 Å². The van der Waals surface area contributed by atoms with Gasteiger partial charge in [0.15, 0.2) is 0 Å². The van der Waals surface area contributed by atoms with Crippen LogP contribution in [0.25, 0.3) is 0 Å². The molecule has 2 saturated heterocycles. The molecule has 0 aliphatic carbocycles. The molecule has 0 radical (unpaired) electrons. The Hall–Kier alpha value is -0.880. The van der Waals surface area contributed by atoms with Crippen LogP contribution in [0.5, 0.6) is 0 Å². The number of benzene rings is 1. The third-order valence-corrected chi connectivity index (χ3v) is 5.22. The summed E-state index contributed by atoms with van der Waals surface area (Å²) in [6.45, 7) is 2.04. The Morgan fingerprint density at radius 3 is 2.71 bits per heavy atom. The van der Waals surface area contributed by atoms with Gasteiger partial charge >= 0.3 is 0 Å². The lowest BCUT2D eigenvalue weighted by atomic mass is 9.74. The first-order valence-electron chi connectivity index (χ1n) is 8.09. The summed E-state index contributed by atoms with van der Waals surface area (Å²) < 4.78 is 18.7. The van der Waals surface area contributed by atoms with Gasteiger partial charge in [0.05, 0.1) is 6.04 Å². The zero-order chi connectivity index (χ0) is 16.3. The van der Waals surface area contributed by atoms with Gasteiger partial charge in [-0.3, -0.25) is 4.79 Å². The second-order valence-electron chi connectivity index (χ2n) is 6.38. The number of halogens is 3. The minimum atomic E-state index is -0.939. The summed E-state index contributed by atoms with van der Waals surface area (Å²) in [6, 6.07) is 7.33. The Kier molecular flexibility index (Phi) is 6.87. The topological polar surface area (TPSA) is 50.4 Å². The second kappa shape index (κ2) is 8.48. The molecule has 1 amide bonds. The number of hydrogen-bond acceptors (Lipinski definition) is 3. The molecule has 134 valence electrons. The highest BCUT2D eigenvalue weighted by Gasteiger charge is 2.37. The molecule has 2 fully saturated rings. The highest BCUT2D eigenvalue weighted by molar-refractivity contribution is 6.31. The molecule has 1 aromatic rings. The normalized spacial score (nSPS) is 25.8. The minimum absolute atomic E-state index is 0. The molecule has 2 heterocycles. The van der Waals surface area contributed by atoms with E-state index in [1.807, 2.05) is 24.3 Å². The number of nitrogens with one attached hydrogen (secondary N) is 2. The predicted molar refractivity (Wildman–Crippen MR) is 94.7 cm³/mol. The van der Waals surface area contributed by atoms with Gasteiger partial charge in [0, 0.05) is 43.2 Å². The molecule has 0 spiro atoms. The molecule has 2 N–H and O–H groups in total. The molecule has 4 nitrogen and oxygen atoms in total. The Morgan fingerprint density at radius 2 is 2.08 bits per heavy atom. The summed E-state index contributed by atoms with van der Waals surface area (Å²) >= 11 is 6.39. The van der Waals surface area contributed by atoms with Crippen LogP contribution in [0.3, 0.4) is 0 Å². The molecular weight excluding hydrogens is 354 g/mol. The molecule has 3 rings (SSSR count). The number of carbonyl (C=O) groups excluding carboxylic acids is 1. The molecule has 24 heavy (non-hydrogen) atoms. The van der Waals surface area contributed by atoms with Gasteiger partial charge in [-0.15, -0.1) is 12.4 Å². The summed E-state index contributed by atoms with van der Waals surface area (Å²) in [7, 11) is 0. The van der Waals surface area contributed by atoms with Crippen molar-refractivity contribution < 1.29 is 13.9 Å². The Bertz CT molecular complexity index is 567. The van der Waals surface area contributed by atoms with Crippen LogP contribution in [0.2, 0.25) is 5.02 Å². The van der Waals surface area contributed by atoms with E-state index in [0.717, 1.165) is 18.4 Å². The van der Waals surface area contributed by atoms with Gasteiger partial charge in [-0.2, -0.15) is 0 Å². The Balaban J connectivity index is 0.00000208. The fourth-order valence-corrected chi connectivity index (χ4v) is 3.80. The van der Waals surface area contributed by atoms with Crippen LogP contribution >= 0.6 is 24.0 Å². The third-order valence-electron chi connectivity index (χ3n) is 4.89. The third kappa shape index (κ3) is 4.20. The van der Waals surface area contributed by atoms with Crippen LogP contribution in [0.15, 0.2) is 24.3 Å². The number of alkyl halides is 1. The average Bonchev–Trinajstić information content (AvgIpc) is 3.00. The van der Waals surface area contributed by atoms with E-state index in [-0.39, 0.29) is 36.7 Å². The minimum Gasteiger partial charge on any atom is -0.381 e. The van der Waals surface area contributed by atoms with Crippen molar-refractivity contribution in [3.8, 4) is 0 Å². The van der Waals surface area contributed by atoms with Crippen molar-refractivity contribution in [1.82, 2.24) is 10.6 Å². The molecule has 7 heteroatoms. The van der Waals surface area contributed by atoms with Crippen molar-refractivity contribution in [2.75, 3.05) is 26.3 Å². The zero-order valence-corrected chi connectivity index (χ0v) is 15.0. The molecule has 2 atom stereocenters. The molecule has 2 aliphatic rings. The van der Waals surface area contributed by atoms with E-state index >= 15 is 0 Å². The quantitative estimate of drug-likeness (QED) is 0.848. The van der Waals surface area contributed by atoms with Gasteiger partial charge in [-0.05, 0) is 24.5 Å². The maximum atomic E-state index is 13.2. The number of hydrogen-bond donors (Lipinski definition) is 2. The van der Waals surface area contributed by atoms with Crippen LogP contribution in [0.4, 0.5) is 4.39 Å². The van der Waals surface area contributed by atoms with Crippen molar-refractivity contribution in [2.24, 2.45) is 0 Å². The van der Waals surface area contributed by atoms with E-state index in [0.29, 0.717) is 24.8 Å². The summed E-state index contributed by atoms with van der Waals surface area (Å²) in [5, 5.41) is 6.63. The first kappa shape index (κ1) is 19.4. The molecule has 1 aromatic carbocycles. The Labute approximate surface area is 152 Å². The highest BCUT2D eigenvalue weighted by atomic mass is 35.5. The largest absolute Gasteiger partial charge is 0.381 e. The van der Waals surface area contributed by atoms with Gasteiger partial charge < -0.3 is 15.4 Å². The number of carbonyl (C=O) groups is 1. The number of ether oxygens (including phenoxy) is 1. The zero-order valence-electron chi connectivity index (χ0n) is 13.4. The maximum absolute atomic E-state index is 13.2. The van der Waals surface area contributed by atoms with E-state index in [9.17, 15) is 9.18 Å². The standard InChI is InChI=1S/C17H22ClFN2O2.ClH/c18-14-4-2-1-3-13(14)17(5-7-23-8-6-17)11-21-16(22)15-9-12(19)10-20-15;/h1-4,12,15,20H,5-11H2,(H,21,22);1H/t12-,15+;/m0./s1. The van der Waals surface area contributed by atoms with E-state index in [4.69, 9.17) is 16.3 Å². The van der Waals surface area contributed by atoms with Crippen molar-refractivity contribution >= 4 is 29.9 Å². The van der Waals surface area contributed by atoms with E-state index in [1.165, 1.54) is 0 Å². The molecule has 0 bridgehead atoms. The van der Waals surface area contributed by atoms with Gasteiger partial charge in [-0.1, -0.05) is 29.8 Å².